The van der Waals surface area contributed by atoms with E-state index in [2.05, 4.69) is 17.2 Å². The van der Waals surface area contributed by atoms with E-state index >= 15 is 0 Å². The predicted octanol–water partition coefficient (Wildman–Crippen LogP) is 5.61. The Bertz CT molecular complexity index is 900. The summed E-state index contributed by atoms with van der Waals surface area (Å²) in [6.45, 7) is 15.3. The highest BCUT2D eigenvalue weighted by Crippen LogP contribution is 2.27. The quantitative estimate of drug-likeness (QED) is 0.438. The summed E-state index contributed by atoms with van der Waals surface area (Å²) in [5, 5.41) is 5.98. The average molecular weight is 500 g/mol. The normalized spacial score (nSPS) is 16.1. The van der Waals surface area contributed by atoms with Gasteiger partial charge in [0.25, 0.3) is 0 Å². The maximum Gasteiger partial charge on any atom is 0.408 e. The molecule has 2 atom stereocenters. The molecule has 1 aromatic carbocycles. The van der Waals surface area contributed by atoms with Crippen molar-refractivity contribution in [2.24, 2.45) is 5.92 Å². The number of amides is 3. The molecule has 0 bridgehead atoms. The summed E-state index contributed by atoms with van der Waals surface area (Å²) >= 11 is 0. The third-order valence-electron chi connectivity index (χ3n) is 6.33. The highest BCUT2D eigenvalue weighted by molar-refractivity contribution is 5.92. The molecule has 1 fully saturated rings. The lowest BCUT2D eigenvalue weighted by Gasteiger charge is -2.36. The minimum Gasteiger partial charge on any atom is -0.444 e. The predicted molar refractivity (Wildman–Crippen MR) is 144 cm³/mol. The molecule has 3 amide bonds. The van der Waals surface area contributed by atoms with Gasteiger partial charge in [-0.1, -0.05) is 70.9 Å². The van der Waals surface area contributed by atoms with Crippen LogP contribution in [0.5, 0.6) is 0 Å². The smallest absolute Gasteiger partial charge is 0.408 e. The molecule has 2 N–H and O–H groups in total. The van der Waals surface area contributed by atoms with Gasteiger partial charge in [0.1, 0.15) is 17.7 Å². The molecule has 0 spiro atoms. The molecule has 1 aromatic rings. The van der Waals surface area contributed by atoms with Crippen molar-refractivity contribution in [3.63, 3.8) is 0 Å². The first-order chi connectivity index (χ1) is 17.0. The van der Waals surface area contributed by atoms with Gasteiger partial charge in [-0.3, -0.25) is 9.59 Å². The second-order valence-electron chi connectivity index (χ2n) is 11.0. The zero-order valence-electron chi connectivity index (χ0n) is 22.9. The Kier molecular flexibility index (Phi) is 11.0. The molecule has 2 rings (SSSR count). The van der Waals surface area contributed by atoms with Gasteiger partial charge in [0.05, 0.1) is 0 Å². The van der Waals surface area contributed by atoms with Crippen LogP contribution in [-0.4, -0.2) is 47.0 Å². The molecule has 36 heavy (non-hydrogen) atoms. The van der Waals surface area contributed by atoms with Crippen LogP contribution in [0.4, 0.5) is 4.79 Å². The third-order valence-corrected chi connectivity index (χ3v) is 6.33. The summed E-state index contributed by atoms with van der Waals surface area (Å²) in [5.41, 5.74) is 0.909. The molecular weight excluding hydrogens is 454 g/mol. The average Bonchev–Trinajstić information content (AvgIpc) is 2.81. The highest BCUT2D eigenvalue weighted by Gasteiger charge is 2.37. The molecule has 1 aliphatic rings. The standard InChI is InChI=1S/C29H45N3O4/c1-8-18-32(27(34)24(20(3)4)31-28(35)36-29(5,6)7)25(22-15-13-14-21(9-2)19-22)26(33)30-23-16-11-10-12-17-23/h9,13-15,19-20,23-25H,2,8,10-12,16-18H2,1,3-7H3,(H,30,33)(H,31,35). The van der Waals surface area contributed by atoms with Crippen molar-refractivity contribution in [2.45, 2.75) is 104 Å². The van der Waals surface area contributed by atoms with Gasteiger partial charge in [0.15, 0.2) is 0 Å². The topological polar surface area (TPSA) is 87.7 Å². The third kappa shape index (κ3) is 8.68. The lowest BCUT2D eigenvalue weighted by molar-refractivity contribution is -0.143. The maximum absolute atomic E-state index is 14.0. The van der Waals surface area contributed by atoms with Crippen molar-refractivity contribution in [3.05, 3.63) is 42.0 Å². The van der Waals surface area contributed by atoms with Crippen LogP contribution in [0.2, 0.25) is 0 Å². The number of nitrogens with zero attached hydrogens (tertiary/aromatic N) is 1. The van der Waals surface area contributed by atoms with E-state index in [1.165, 1.54) is 6.42 Å². The number of carbonyl (C=O) groups is 3. The maximum atomic E-state index is 14.0. The van der Waals surface area contributed by atoms with Crippen LogP contribution in [-0.2, 0) is 14.3 Å². The Labute approximate surface area is 217 Å². The van der Waals surface area contributed by atoms with Gasteiger partial charge in [-0.25, -0.2) is 4.79 Å². The number of carbonyl (C=O) groups excluding carboxylic acids is 3. The second kappa shape index (κ2) is 13.5. The molecule has 200 valence electrons. The molecule has 0 aromatic heterocycles. The van der Waals surface area contributed by atoms with E-state index in [9.17, 15) is 14.4 Å². The van der Waals surface area contributed by atoms with E-state index in [-0.39, 0.29) is 23.8 Å². The van der Waals surface area contributed by atoms with E-state index in [1.54, 1.807) is 31.7 Å². The van der Waals surface area contributed by atoms with E-state index in [0.29, 0.717) is 13.0 Å². The molecule has 0 radical (unpaired) electrons. The van der Waals surface area contributed by atoms with Crippen LogP contribution in [0.1, 0.15) is 97.2 Å². The fourth-order valence-corrected chi connectivity index (χ4v) is 4.59. The number of rotatable bonds is 10. The van der Waals surface area contributed by atoms with Crippen LogP contribution in [0.25, 0.3) is 6.08 Å². The van der Waals surface area contributed by atoms with Gasteiger partial charge < -0.3 is 20.3 Å². The van der Waals surface area contributed by atoms with Gasteiger partial charge in [0, 0.05) is 12.6 Å². The van der Waals surface area contributed by atoms with Crippen LogP contribution >= 0.6 is 0 Å². The first kappa shape index (κ1) is 29.4. The van der Waals surface area contributed by atoms with Gasteiger partial charge in [-0.2, -0.15) is 0 Å². The molecular formula is C29H45N3O4. The van der Waals surface area contributed by atoms with Crippen molar-refractivity contribution in [3.8, 4) is 0 Å². The molecule has 7 nitrogen and oxygen atoms in total. The van der Waals surface area contributed by atoms with Crippen LogP contribution in [0.3, 0.4) is 0 Å². The van der Waals surface area contributed by atoms with E-state index in [0.717, 1.165) is 36.8 Å². The molecule has 2 unspecified atom stereocenters. The van der Waals surface area contributed by atoms with Gasteiger partial charge in [0.2, 0.25) is 11.8 Å². The fourth-order valence-electron chi connectivity index (χ4n) is 4.59. The summed E-state index contributed by atoms with van der Waals surface area (Å²) in [6, 6.07) is 6.02. The van der Waals surface area contributed by atoms with Crippen LogP contribution in [0.15, 0.2) is 30.8 Å². The minimum absolute atomic E-state index is 0.107. The summed E-state index contributed by atoms with van der Waals surface area (Å²) < 4.78 is 5.42. The summed E-state index contributed by atoms with van der Waals surface area (Å²) in [5.74, 6) is -0.693. The zero-order valence-corrected chi connectivity index (χ0v) is 22.9. The van der Waals surface area contributed by atoms with Gasteiger partial charge in [-0.15, -0.1) is 0 Å². The van der Waals surface area contributed by atoms with Crippen LogP contribution in [0, 0.1) is 5.92 Å². The molecule has 0 heterocycles. The number of alkyl carbamates (subject to hydrolysis) is 1. The van der Waals surface area contributed by atoms with Gasteiger partial charge in [-0.05, 0) is 63.1 Å². The van der Waals surface area contributed by atoms with Crippen LogP contribution < -0.4 is 10.6 Å². The lowest BCUT2D eigenvalue weighted by Crippen LogP contribution is -2.55. The summed E-state index contributed by atoms with van der Waals surface area (Å²) in [6.07, 6.45) is 7.00. The Balaban J connectivity index is 2.44. The molecule has 7 heteroatoms. The van der Waals surface area contributed by atoms with Crippen molar-refractivity contribution in [1.82, 2.24) is 15.5 Å². The highest BCUT2D eigenvalue weighted by atomic mass is 16.6. The van der Waals surface area contributed by atoms with Crippen molar-refractivity contribution in [2.75, 3.05) is 6.54 Å². The SMILES string of the molecule is C=Cc1cccc(C(C(=O)NC2CCCCC2)N(CCC)C(=O)C(NC(=O)OC(C)(C)C)C(C)C)c1. The lowest BCUT2D eigenvalue weighted by atomic mass is 9.94. The number of hydrogen-bond donors (Lipinski definition) is 2. The second-order valence-corrected chi connectivity index (χ2v) is 11.0. The fraction of sp³-hybridized carbons (Fsp3) is 0.621. The minimum atomic E-state index is -0.834. The number of nitrogens with one attached hydrogen (secondary N) is 2. The Morgan fingerprint density at radius 2 is 1.83 bits per heavy atom. The molecule has 1 saturated carbocycles. The summed E-state index contributed by atoms with van der Waals surface area (Å²) in [4.78, 5) is 42.0. The molecule has 1 aliphatic carbocycles. The van der Waals surface area contributed by atoms with E-state index in [4.69, 9.17) is 4.74 Å². The first-order valence-corrected chi connectivity index (χ1v) is 13.3. The van der Waals surface area contributed by atoms with E-state index < -0.39 is 23.8 Å². The Morgan fingerprint density at radius 1 is 1.17 bits per heavy atom. The monoisotopic (exact) mass is 499 g/mol. The van der Waals surface area contributed by atoms with Crippen molar-refractivity contribution >= 4 is 24.0 Å². The number of hydrogen-bond acceptors (Lipinski definition) is 4. The van der Waals surface area contributed by atoms with Crippen molar-refractivity contribution in [1.29, 1.82) is 0 Å². The number of ether oxygens (including phenoxy) is 1. The van der Waals surface area contributed by atoms with Crippen molar-refractivity contribution < 1.29 is 19.1 Å². The van der Waals surface area contributed by atoms with E-state index in [1.807, 2.05) is 45.0 Å². The Hall–Kier alpha value is -2.83. The largest absolute Gasteiger partial charge is 0.444 e. The number of benzene rings is 1. The Morgan fingerprint density at radius 3 is 2.39 bits per heavy atom. The van der Waals surface area contributed by atoms with Gasteiger partial charge >= 0.3 is 6.09 Å². The first-order valence-electron chi connectivity index (χ1n) is 13.3. The molecule has 0 aliphatic heterocycles. The summed E-state index contributed by atoms with van der Waals surface area (Å²) in [7, 11) is 0. The zero-order chi connectivity index (χ0) is 26.9. The molecule has 0 saturated heterocycles.